The lowest BCUT2D eigenvalue weighted by molar-refractivity contribution is 0.164. The van der Waals surface area contributed by atoms with Gasteiger partial charge < -0.3 is 5.73 Å². The third kappa shape index (κ3) is 4.86. The van der Waals surface area contributed by atoms with E-state index in [1.54, 1.807) is 0 Å². The molecule has 0 bridgehead atoms. The minimum absolute atomic E-state index is 0.436. The summed E-state index contributed by atoms with van der Waals surface area (Å²) >= 11 is 0. The minimum Gasteiger partial charge on any atom is -0.327 e. The monoisotopic (exact) mass is 225 g/mol. The second kappa shape index (κ2) is 5.08. The van der Waals surface area contributed by atoms with E-state index in [0.717, 1.165) is 5.92 Å². The SMILES string of the molecule is CC(C)(C)CCC(N)C1CCC(C)(C)CC1. The molecule has 0 amide bonds. The van der Waals surface area contributed by atoms with Crippen molar-refractivity contribution in [2.45, 2.75) is 79.2 Å². The molecule has 1 rings (SSSR count). The van der Waals surface area contributed by atoms with Gasteiger partial charge in [0.25, 0.3) is 0 Å². The second-order valence-electron chi connectivity index (χ2n) is 7.76. The molecule has 0 spiro atoms. The van der Waals surface area contributed by atoms with Crippen molar-refractivity contribution in [3.05, 3.63) is 0 Å². The standard InChI is InChI=1S/C15H31N/c1-14(2,3)9-8-13(16)12-6-10-15(4,5)11-7-12/h12-13H,6-11,16H2,1-5H3. The van der Waals surface area contributed by atoms with Crippen LogP contribution in [0.2, 0.25) is 0 Å². The summed E-state index contributed by atoms with van der Waals surface area (Å²) in [5.74, 6) is 0.787. The van der Waals surface area contributed by atoms with Crippen molar-refractivity contribution in [1.29, 1.82) is 0 Å². The van der Waals surface area contributed by atoms with Gasteiger partial charge in [0.05, 0.1) is 0 Å². The predicted octanol–water partition coefficient (Wildman–Crippen LogP) is 4.36. The van der Waals surface area contributed by atoms with Crippen molar-refractivity contribution in [3.8, 4) is 0 Å². The van der Waals surface area contributed by atoms with Crippen LogP contribution >= 0.6 is 0 Å². The van der Waals surface area contributed by atoms with E-state index in [-0.39, 0.29) is 0 Å². The van der Waals surface area contributed by atoms with Crippen LogP contribution in [0.25, 0.3) is 0 Å². The Kier molecular flexibility index (Phi) is 4.45. The van der Waals surface area contributed by atoms with Crippen LogP contribution in [-0.4, -0.2) is 6.04 Å². The maximum atomic E-state index is 6.34. The molecule has 1 atom stereocenters. The van der Waals surface area contributed by atoms with E-state index in [1.165, 1.54) is 38.5 Å². The van der Waals surface area contributed by atoms with Crippen molar-refractivity contribution >= 4 is 0 Å². The zero-order valence-electron chi connectivity index (χ0n) is 12.0. The number of nitrogens with two attached hydrogens (primary N) is 1. The fraction of sp³-hybridized carbons (Fsp3) is 1.00. The average molecular weight is 225 g/mol. The molecule has 2 N–H and O–H groups in total. The molecule has 1 unspecified atom stereocenters. The summed E-state index contributed by atoms with van der Waals surface area (Å²) in [4.78, 5) is 0. The molecule has 0 heterocycles. The first-order chi connectivity index (χ1) is 7.20. The topological polar surface area (TPSA) is 26.0 Å². The molecule has 0 aromatic rings. The zero-order valence-corrected chi connectivity index (χ0v) is 12.0. The molecule has 0 radical (unpaired) electrons. The highest BCUT2D eigenvalue weighted by Gasteiger charge is 2.30. The number of hydrogen-bond acceptors (Lipinski definition) is 1. The molecule has 1 aliphatic carbocycles. The van der Waals surface area contributed by atoms with E-state index in [1.807, 2.05) is 0 Å². The van der Waals surface area contributed by atoms with Crippen molar-refractivity contribution in [2.24, 2.45) is 22.5 Å². The van der Waals surface area contributed by atoms with E-state index >= 15 is 0 Å². The second-order valence-corrected chi connectivity index (χ2v) is 7.76. The van der Waals surface area contributed by atoms with Gasteiger partial charge in [-0.15, -0.1) is 0 Å². The highest BCUT2D eigenvalue weighted by Crippen LogP contribution is 2.39. The smallest absolute Gasteiger partial charge is 0.00673 e. The Morgan fingerprint density at radius 3 is 2.12 bits per heavy atom. The van der Waals surface area contributed by atoms with Gasteiger partial charge in [-0.1, -0.05) is 34.6 Å². The van der Waals surface area contributed by atoms with Gasteiger partial charge in [0.15, 0.2) is 0 Å². The van der Waals surface area contributed by atoms with Crippen LogP contribution in [0, 0.1) is 16.7 Å². The molecule has 0 aliphatic heterocycles. The Morgan fingerprint density at radius 2 is 1.69 bits per heavy atom. The zero-order chi connectivity index (χ0) is 12.4. The average Bonchev–Trinajstić information content (AvgIpc) is 2.13. The molecule has 1 heteroatoms. The summed E-state index contributed by atoms with van der Waals surface area (Å²) in [6, 6.07) is 0.440. The van der Waals surface area contributed by atoms with Gasteiger partial charge in [-0.25, -0.2) is 0 Å². The van der Waals surface area contributed by atoms with E-state index in [2.05, 4.69) is 34.6 Å². The van der Waals surface area contributed by atoms with Gasteiger partial charge in [0.1, 0.15) is 0 Å². The van der Waals surface area contributed by atoms with Crippen LogP contribution in [-0.2, 0) is 0 Å². The van der Waals surface area contributed by atoms with Crippen LogP contribution < -0.4 is 5.73 Å². The molecule has 1 aliphatic rings. The lowest BCUT2D eigenvalue weighted by Crippen LogP contribution is -2.35. The van der Waals surface area contributed by atoms with Gasteiger partial charge in [-0.05, 0) is 55.3 Å². The molecule has 96 valence electrons. The normalized spacial score (nSPS) is 24.4. The Hall–Kier alpha value is -0.0400. The van der Waals surface area contributed by atoms with Gasteiger partial charge in [-0.3, -0.25) is 0 Å². The van der Waals surface area contributed by atoms with Crippen LogP contribution in [0.5, 0.6) is 0 Å². The van der Waals surface area contributed by atoms with E-state index in [9.17, 15) is 0 Å². The summed E-state index contributed by atoms with van der Waals surface area (Å²) in [6.07, 6.45) is 7.88. The molecule has 1 nitrogen and oxygen atoms in total. The predicted molar refractivity (Wildman–Crippen MR) is 72.4 cm³/mol. The molecule has 0 saturated heterocycles. The van der Waals surface area contributed by atoms with Gasteiger partial charge in [0, 0.05) is 6.04 Å². The first kappa shape index (κ1) is 14.0. The maximum absolute atomic E-state index is 6.34. The van der Waals surface area contributed by atoms with Crippen LogP contribution in [0.15, 0.2) is 0 Å². The minimum atomic E-state index is 0.436. The fourth-order valence-corrected chi connectivity index (χ4v) is 2.69. The van der Waals surface area contributed by atoms with Crippen molar-refractivity contribution in [2.75, 3.05) is 0 Å². The summed E-state index contributed by atoms with van der Waals surface area (Å²) in [5, 5.41) is 0. The molecule has 0 aromatic carbocycles. The first-order valence-corrected chi connectivity index (χ1v) is 6.95. The summed E-state index contributed by atoms with van der Waals surface area (Å²) in [7, 11) is 0. The first-order valence-electron chi connectivity index (χ1n) is 6.95. The molecular formula is C15H31N. The summed E-state index contributed by atoms with van der Waals surface area (Å²) < 4.78 is 0. The fourth-order valence-electron chi connectivity index (χ4n) is 2.69. The quantitative estimate of drug-likeness (QED) is 0.759. The van der Waals surface area contributed by atoms with Gasteiger partial charge >= 0.3 is 0 Å². The maximum Gasteiger partial charge on any atom is 0.00673 e. The van der Waals surface area contributed by atoms with E-state index in [4.69, 9.17) is 5.73 Å². The van der Waals surface area contributed by atoms with Crippen molar-refractivity contribution < 1.29 is 0 Å². The molecule has 0 aromatic heterocycles. The van der Waals surface area contributed by atoms with Crippen LogP contribution in [0.1, 0.15) is 73.1 Å². The highest BCUT2D eigenvalue weighted by atomic mass is 14.7. The van der Waals surface area contributed by atoms with Crippen LogP contribution in [0.4, 0.5) is 0 Å². The molecule has 16 heavy (non-hydrogen) atoms. The highest BCUT2D eigenvalue weighted by molar-refractivity contribution is 4.84. The third-order valence-electron chi connectivity index (χ3n) is 4.22. The number of rotatable bonds is 3. The van der Waals surface area contributed by atoms with Crippen molar-refractivity contribution in [1.82, 2.24) is 0 Å². The molecular weight excluding hydrogens is 194 g/mol. The third-order valence-corrected chi connectivity index (χ3v) is 4.22. The van der Waals surface area contributed by atoms with Crippen LogP contribution in [0.3, 0.4) is 0 Å². The summed E-state index contributed by atoms with van der Waals surface area (Å²) in [6.45, 7) is 11.7. The Morgan fingerprint density at radius 1 is 1.19 bits per heavy atom. The Bertz CT molecular complexity index is 202. The van der Waals surface area contributed by atoms with Gasteiger partial charge in [-0.2, -0.15) is 0 Å². The lowest BCUT2D eigenvalue weighted by Gasteiger charge is -2.37. The Labute approximate surface area is 102 Å². The molecule has 1 saturated carbocycles. The van der Waals surface area contributed by atoms with E-state index < -0.39 is 0 Å². The molecule has 1 fully saturated rings. The lowest BCUT2D eigenvalue weighted by atomic mass is 9.70. The van der Waals surface area contributed by atoms with E-state index in [0.29, 0.717) is 16.9 Å². The van der Waals surface area contributed by atoms with Crippen molar-refractivity contribution in [3.63, 3.8) is 0 Å². The Balaban J connectivity index is 2.31. The largest absolute Gasteiger partial charge is 0.327 e. The summed E-state index contributed by atoms with van der Waals surface area (Å²) in [5.41, 5.74) is 7.35. The number of hydrogen-bond donors (Lipinski definition) is 1. The van der Waals surface area contributed by atoms with Gasteiger partial charge in [0.2, 0.25) is 0 Å².